The van der Waals surface area contributed by atoms with Crippen LogP contribution in [-0.4, -0.2) is 60.6 Å². The number of carbonyl (C=O) groups excluding carboxylic acids is 2. The molecule has 152 valence electrons. The Morgan fingerprint density at radius 2 is 1.79 bits per heavy atom. The largest absolute Gasteiger partial charge is 0.353 e. The lowest BCUT2D eigenvalue weighted by atomic mass is 10.1. The molecule has 0 bridgehead atoms. The fourth-order valence-corrected chi connectivity index (χ4v) is 4.09. The Labute approximate surface area is 171 Å². The zero-order chi connectivity index (χ0) is 20.5. The molecule has 0 spiro atoms. The number of piperazine rings is 1. The van der Waals surface area contributed by atoms with Crippen molar-refractivity contribution in [3.8, 4) is 0 Å². The van der Waals surface area contributed by atoms with Crippen LogP contribution in [0.25, 0.3) is 0 Å². The minimum Gasteiger partial charge on any atom is -0.353 e. The Kier molecular flexibility index (Phi) is 5.13. The smallest absolute Gasteiger partial charge is 0.322 e. The molecule has 3 amide bonds. The summed E-state index contributed by atoms with van der Waals surface area (Å²) < 4.78 is 0. The van der Waals surface area contributed by atoms with Crippen LogP contribution in [0.5, 0.6) is 0 Å². The second-order valence-electron chi connectivity index (χ2n) is 7.88. The van der Waals surface area contributed by atoms with Crippen molar-refractivity contribution in [2.75, 3.05) is 42.5 Å². The average Bonchev–Trinajstić information content (AvgIpc) is 3.06. The third kappa shape index (κ3) is 3.77. The topological polar surface area (TPSA) is 68.8 Å². The van der Waals surface area contributed by atoms with Gasteiger partial charge >= 0.3 is 6.03 Å². The van der Waals surface area contributed by atoms with E-state index in [9.17, 15) is 9.59 Å². The fraction of sp³-hybridized carbons (Fsp3) is 0.409. The summed E-state index contributed by atoms with van der Waals surface area (Å²) >= 11 is 0. The lowest BCUT2D eigenvalue weighted by molar-refractivity contribution is 0.0746. The van der Waals surface area contributed by atoms with E-state index in [0.717, 1.165) is 30.2 Å². The number of anilines is 2. The molecule has 0 radical (unpaired) electrons. The number of aromatic nitrogens is 1. The molecule has 0 aliphatic carbocycles. The number of urea groups is 1. The Balaban J connectivity index is 1.40. The van der Waals surface area contributed by atoms with Gasteiger partial charge in [0.15, 0.2) is 0 Å². The number of pyridine rings is 1. The van der Waals surface area contributed by atoms with Crippen molar-refractivity contribution >= 4 is 23.4 Å². The molecule has 7 nitrogen and oxygen atoms in total. The molecule has 2 aliphatic heterocycles. The maximum Gasteiger partial charge on any atom is 0.322 e. The van der Waals surface area contributed by atoms with Crippen LogP contribution >= 0.6 is 0 Å². The molecule has 1 N–H and O–H groups in total. The van der Waals surface area contributed by atoms with Gasteiger partial charge in [0.1, 0.15) is 5.82 Å². The Hall–Kier alpha value is -3.09. The number of nitrogens with zero attached hydrogens (tertiary/aromatic N) is 4. The van der Waals surface area contributed by atoms with Crippen LogP contribution in [0.3, 0.4) is 0 Å². The van der Waals surface area contributed by atoms with E-state index in [-0.39, 0.29) is 18.0 Å². The molecule has 2 saturated heterocycles. The molecule has 1 aromatic heterocycles. The second kappa shape index (κ2) is 7.73. The molecule has 1 atom stereocenters. The van der Waals surface area contributed by atoms with E-state index in [1.54, 1.807) is 4.90 Å². The predicted octanol–water partition coefficient (Wildman–Crippen LogP) is 2.58. The number of aryl methyl sites for hydroxylation is 2. The molecule has 7 heteroatoms. The Morgan fingerprint density at radius 1 is 1.10 bits per heavy atom. The molecule has 2 aromatic rings. The minimum atomic E-state index is -0.0901. The second-order valence-corrected chi connectivity index (χ2v) is 7.88. The quantitative estimate of drug-likeness (QED) is 0.870. The van der Waals surface area contributed by atoms with E-state index in [4.69, 9.17) is 0 Å². The molecule has 2 fully saturated rings. The lowest BCUT2D eigenvalue weighted by Gasteiger charge is -2.36. The molecular weight excluding hydrogens is 366 g/mol. The molecule has 1 aromatic carbocycles. The number of nitrogens with one attached hydrogen (secondary N) is 1. The summed E-state index contributed by atoms with van der Waals surface area (Å²) in [5.41, 5.74) is 3.79. The van der Waals surface area contributed by atoms with Crippen LogP contribution in [0.15, 0.2) is 36.5 Å². The first kappa shape index (κ1) is 19.2. The van der Waals surface area contributed by atoms with E-state index in [0.29, 0.717) is 25.2 Å². The molecular formula is C22H27N5O2. The van der Waals surface area contributed by atoms with Gasteiger partial charge in [-0.05, 0) is 56.2 Å². The summed E-state index contributed by atoms with van der Waals surface area (Å²) in [6.07, 6.45) is 1.89. The van der Waals surface area contributed by atoms with E-state index in [2.05, 4.69) is 28.2 Å². The summed E-state index contributed by atoms with van der Waals surface area (Å²) in [5, 5.41) is 2.83. The van der Waals surface area contributed by atoms with Crippen LogP contribution in [0.4, 0.5) is 16.3 Å². The number of rotatable bonds is 3. The summed E-state index contributed by atoms with van der Waals surface area (Å²) in [6, 6.07) is 9.49. The van der Waals surface area contributed by atoms with Crippen LogP contribution in [0.1, 0.15) is 28.4 Å². The minimum absolute atomic E-state index is 0.0312. The number of hydrogen-bond acceptors (Lipinski definition) is 4. The van der Waals surface area contributed by atoms with Crippen LogP contribution in [0.2, 0.25) is 0 Å². The Morgan fingerprint density at radius 3 is 2.38 bits per heavy atom. The molecule has 1 unspecified atom stereocenters. The van der Waals surface area contributed by atoms with Gasteiger partial charge in [0, 0.05) is 50.2 Å². The standard InChI is InChI=1S/C22H27N5O2/c1-15-12-16(2)20(23-13-15)25-8-10-26(11-9-25)21(28)18-4-6-19(7-5-18)27-17(3)14-24-22(27)29/h4-7,12-13,17H,8-11,14H2,1-3H3,(H,24,29). The predicted molar refractivity (Wildman–Crippen MR) is 114 cm³/mol. The Bertz CT molecular complexity index is 919. The van der Waals surface area contributed by atoms with E-state index in [1.807, 2.05) is 49.2 Å². The van der Waals surface area contributed by atoms with Gasteiger partial charge in [-0.1, -0.05) is 6.07 Å². The van der Waals surface area contributed by atoms with Crippen molar-refractivity contribution in [1.29, 1.82) is 0 Å². The van der Waals surface area contributed by atoms with Crippen LogP contribution in [0, 0.1) is 13.8 Å². The molecule has 29 heavy (non-hydrogen) atoms. The first-order valence-electron chi connectivity index (χ1n) is 10.1. The summed E-state index contributed by atoms with van der Waals surface area (Å²) in [7, 11) is 0. The third-order valence-corrected chi connectivity index (χ3v) is 5.65. The SMILES string of the molecule is Cc1cnc(N2CCN(C(=O)c3ccc(N4C(=O)NCC4C)cc3)CC2)c(C)c1. The average molecular weight is 393 g/mol. The maximum atomic E-state index is 12.9. The highest BCUT2D eigenvalue weighted by Crippen LogP contribution is 2.23. The highest BCUT2D eigenvalue weighted by atomic mass is 16.2. The normalized spacial score (nSPS) is 19.5. The summed E-state index contributed by atoms with van der Waals surface area (Å²) in [4.78, 5) is 35.3. The van der Waals surface area contributed by atoms with Crippen molar-refractivity contribution in [1.82, 2.24) is 15.2 Å². The molecule has 4 rings (SSSR count). The van der Waals surface area contributed by atoms with Crippen molar-refractivity contribution in [2.24, 2.45) is 0 Å². The van der Waals surface area contributed by atoms with E-state index >= 15 is 0 Å². The third-order valence-electron chi connectivity index (χ3n) is 5.65. The molecule has 3 heterocycles. The van der Waals surface area contributed by atoms with E-state index < -0.39 is 0 Å². The van der Waals surface area contributed by atoms with Crippen molar-refractivity contribution < 1.29 is 9.59 Å². The summed E-state index contributed by atoms with van der Waals surface area (Å²) in [5.74, 6) is 1.04. The first-order valence-corrected chi connectivity index (χ1v) is 10.1. The number of hydrogen-bond donors (Lipinski definition) is 1. The van der Waals surface area contributed by atoms with Gasteiger partial charge in [-0.3, -0.25) is 9.69 Å². The maximum absolute atomic E-state index is 12.9. The highest BCUT2D eigenvalue weighted by Gasteiger charge is 2.29. The lowest BCUT2D eigenvalue weighted by Crippen LogP contribution is -2.49. The summed E-state index contributed by atoms with van der Waals surface area (Å²) in [6.45, 7) is 9.64. The number of benzene rings is 1. The van der Waals surface area contributed by atoms with Crippen molar-refractivity contribution in [3.63, 3.8) is 0 Å². The fourth-order valence-electron chi connectivity index (χ4n) is 4.09. The zero-order valence-electron chi connectivity index (χ0n) is 17.2. The van der Waals surface area contributed by atoms with Gasteiger partial charge in [-0.25, -0.2) is 9.78 Å². The van der Waals surface area contributed by atoms with Crippen LogP contribution in [-0.2, 0) is 0 Å². The molecule has 0 saturated carbocycles. The number of carbonyl (C=O) groups is 2. The van der Waals surface area contributed by atoms with Gasteiger partial charge in [-0.2, -0.15) is 0 Å². The first-order chi connectivity index (χ1) is 13.9. The van der Waals surface area contributed by atoms with Gasteiger partial charge in [0.2, 0.25) is 0 Å². The van der Waals surface area contributed by atoms with Gasteiger partial charge in [-0.15, -0.1) is 0 Å². The molecule has 2 aliphatic rings. The van der Waals surface area contributed by atoms with Gasteiger partial charge in [0.25, 0.3) is 5.91 Å². The number of amides is 3. The van der Waals surface area contributed by atoms with Crippen molar-refractivity contribution in [2.45, 2.75) is 26.8 Å². The van der Waals surface area contributed by atoms with Gasteiger partial charge in [0.05, 0.1) is 6.04 Å². The van der Waals surface area contributed by atoms with Gasteiger partial charge < -0.3 is 15.1 Å². The van der Waals surface area contributed by atoms with E-state index in [1.165, 1.54) is 5.56 Å². The highest BCUT2D eigenvalue weighted by molar-refractivity contribution is 5.97. The monoisotopic (exact) mass is 393 g/mol. The van der Waals surface area contributed by atoms with Crippen LogP contribution < -0.4 is 15.1 Å². The zero-order valence-corrected chi connectivity index (χ0v) is 17.2. The van der Waals surface area contributed by atoms with Crippen molar-refractivity contribution in [3.05, 3.63) is 53.2 Å².